The summed E-state index contributed by atoms with van der Waals surface area (Å²) in [6.45, 7) is 3.46. The molecule has 0 bridgehead atoms. The number of fused-ring (bicyclic) bond motifs is 1. The Morgan fingerprint density at radius 2 is 2.44 bits per heavy atom. The van der Waals surface area contributed by atoms with Crippen molar-refractivity contribution in [3.63, 3.8) is 0 Å². The molecule has 0 saturated heterocycles. The van der Waals surface area contributed by atoms with E-state index >= 15 is 0 Å². The van der Waals surface area contributed by atoms with Crippen LogP contribution in [-0.2, 0) is 6.42 Å². The van der Waals surface area contributed by atoms with Gasteiger partial charge in [-0.1, -0.05) is 19.4 Å². The van der Waals surface area contributed by atoms with E-state index in [-0.39, 0.29) is 0 Å². The number of aryl methyl sites for hydroxylation is 1. The second kappa shape index (κ2) is 6.86. The largest absolute Gasteiger partial charge is 0.396 e. The Balaban J connectivity index is 1.94. The lowest BCUT2D eigenvalue weighted by Gasteiger charge is -2.27. The molecule has 1 aromatic rings. The first kappa shape index (κ1) is 13.5. The van der Waals surface area contributed by atoms with Crippen LogP contribution in [0.1, 0.15) is 49.9 Å². The predicted molar refractivity (Wildman–Crippen MR) is 73.4 cm³/mol. The van der Waals surface area contributed by atoms with E-state index in [1.807, 2.05) is 12.3 Å². The highest BCUT2D eigenvalue weighted by molar-refractivity contribution is 5.25. The first-order valence-corrected chi connectivity index (χ1v) is 7.13. The van der Waals surface area contributed by atoms with Gasteiger partial charge in [0.25, 0.3) is 0 Å². The Morgan fingerprint density at radius 1 is 1.56 bits per heavy atom. The van der Waals surface area contributed by atoms with Crippen LogP contribution in [0.25, 0.3) is 0 Å². The molecular weight excluding hydrogens is 224 g/mol. The van der Waals surface area contributed by atoms with Crippen molar-refractivity contribution in [1.29, 1.82) is 0 Å². The van der Waals surface area contributed by atoms with Crippen LogP contribution in [0.5, 0.6) is 0 Å². The monoisotopic (exact) mass is 248 g/mol. The summed E-state index contributed by atoms with van der Waals surface area (Å²) in [5.74, 6) is 0.573. The summed E-state index contributed by atoms with van der Waals surface area (Å²) < 4.78 is 0. The molecular formula is C15H24N2O. The van der Waals surface area contributed by atoms with E-state index in [0.29, 0.717) is 18.6 Å². The van der Waals surface area contributed by atoms with Gasteiger partial charge < -0.3 is 10.4 Å². The Hall–Kier alpha value is -0.930. The molecule has 1 aliphatic rings. The number of nitrogens with zero attached hydrogens (tertiary/aromatic N) is 1. The Morgan fingerprint density at radius 3 is 3.22 bits per heavy atom. The molecule has 3 nitrogen and oxygen atoms in total. The van der Waals surface area contributed by atoms with Crippen LogP contribution in [0.15, 0.2) is 18.3 Å². The fourth-order valence-corrected chi connectivity index (χ4v) is 2.75. The molecule has 0 fully saturated rings. The van der Waals surface area contributed by atoms with E-state index in [0.717, 1.165) is 25.8 Å². The first-order chi connectivity index (χ1) is 8.85. The molecule has 3 heteroatoms. The summed E-state index contributed by atoms with van der Waals surface area (Å²) in [6, 6.07) is 4.63. The molecule has 0 spiro atoms. The minimum atomic E-state index is 0.291. The standard InChI is InChI=1S/C15H24N2O/c1-2-12(8-10-18)11-17-14-7-3-5-13-6-4-9-16-15(13)14/h4,6,9,12,14,17-18H,2-3,5,7-8,10-11H2,1H3. The third-order valence-corrected chi connectivity index (χ3v) is 3.96. The van der Waals surface area contributed by atoms with Crippen molar-refractivity contribution < 1.29 is 5.11 Å². The van der Waals surface area contributed by atoms with Crippen molar-refractivity contribution in [2.24, 2.45) is 5.92 Å². The van der Waals surface area contributed by atoms with Gasteiger partial charge in [-0.2, -0.15) is 0 Å². The number of rotatable bonds is 6. The number of hydrogen-bond acceptors (Lipinski definition) is 3. The van der Waals surface area contributed by atoms with Gasteiger partial charge in [-0.05, 0) is 49.8 Å². The fraction of sp³-hybridized carbons (Fsp3) is 0.667. The van der Waals surface area contributed by atoms with Crippen molar-refractivity contribution in [1.82, 2.24) is 10.3 Å². The third-order valence-electron chi connectivity index (χ3n) is 3.96. The maximum atomic E-state index is 9.02. The number of pyridine rings is 1. The maximum absolute atomic E-state index is 9.02. The summed E-state index contributed by atoms with van der Waals surface area (Å²) in [6.07, 6.45) is 7.49. The van der Waals surface area contributed by atoms with Gasteiger partial charge in [0.05, 0.1) is 5.69 Å². The lowest BCUT2D eigenvalue weighted by atomic mass is 9.91. The lowest BCUT2D eigenvalue weighted by Crippen LogP contribution is -2.30. The highest BCUT2D eigenvalue weighted by atomic mass is 16.3. The first-order valence-electron chi connectivity index (χ1n) is 7.13. The molecule has 1 aromatic heterocycles. The van der Waals surface area contributed by atoms with Gasteiger partial charge in [0.15, 0.2) is 0 Å². The molecule has 0 aromatic carbocycles. The quantitative estimate of drug-likeness (QED) is 0.813. The Kier molecular flexibility index (Phi) is 5.14. The summed E-state index contributed by atoms with van der Waals surface area (Å²) in [5, 5.41) is 12.7. The minimum Gasteiger partial charge on any atom is -0.396 e. The molecule has 1 aliphatic carbocycles. The molecule has 1 heterocycles. The molecule has 2 unspecified atom stereocenters. The van der Waals surface area contributed by atoms with Crippen LogP contribution >= 0.6 is 0 Å². The number of aromatic nitrogens is 1. The molecule has 0 saturated carbocycles. The minimum absolute atomic E-state index is 0.291. The second-order valence-corrected chi connectivity index (χ2v) is 5.19. The van der Waals surface area contributed by atoms with E-state index in [2.05, 4.69) is 23.3 Å². The lowest BCUT2D eigenvalue weighted by molar-refractivity contribution is 0.246. The number of aliphatic hydroxyl groups is 1. The zero-order valence-electron chi connectivity index (χ0n) is 11.2. The number of hydrogen-bond donors (Lipinski definition) is 2. The topological polar surface area (TPSA) is 45.1 Å². The molecule has 2 rings (SSSR count). The SMILES string of the molecule is CCC(CCO)CNC1CCCc2cccnc21. The molecule has 2 atom stereocenters. The van der Waals surface area contributed by atoms with Gasteiger partial charge in [0.2, 0.25) is 0 Å². The van der Waals surface area contributed by atoms with Crippen molar-refractivity contribution in [3.05, 3.63) is 29.6 Å². The summed E-state index contributed by atoms with van der Waals surface area (Å²) in [5.41, 5.74) is 2.64. The zero-order valence-corrected chi connectivity index (χ0v) is 11.2. The molecule has 0 radical (unpaired) electrons. The van der Waals surface area contributed by atoms with E-state index in [9.17, 15) is 0 Å². The van der Waals surface area contributed by atoms with Crippen molar-refractivity contribution >= 4 is 0 Å². The third kappa shape index (κ3) is 3.30. The number of aliphatic hydroxyl groups excluding tert-OH is 1. The zero-order chi connectivity index (χ0) is 12.8. The summed E-state index contributed by atoms with van der Waals surface area (Å²) in [4.78, 5) is 4.54. The van der Waals surface area contributed by atoms with Crippen LogP contribution in [0.2, 0.25) is 0 Å². The van der Waals surface area contributed by atoms with Crippen LogP contribution in [0.3, 0.4) is 0 Å². The molecule has 0 aliphatic heterocycles. The van der Waals surface area contributed by atoms with E-state index in [1.54, 1.807) is 0 Å². The average Bonchev–Trinajstić information content (AvgIpc) is 2.43. The average molecular weight is 248 g/mol. The normalized spacial score (nSPS) is 20.4. The van der Waals surface area contributed by atoms with E-state index in [4.69, 9.17) is 5.11 Å². The smallest absolute Gasteiger partial charge is 0.0605 e. The molecule has 100 valence electrons. The van der Waals surface area contributed by atoms with E-state index in [1.165, 1.54) is 24.1 Å². The van der Waals surface area contributed by atoms with Crippen LogP contribution in [0.4, 0.5) is 0 Å². The summed E-state index contributed by atoms with van der Waals surface area (Å²) in [7, 11) is 0. The van der Waals surface area contributed by atoms with Gasteiger partial charge in [0.1, 0.15) is 0 Å². The van der Waals surface area contributed by atoms with Gasteiger partial charge >= 0.3 is 0 Å². The number of nitrogens with one attached hydrogen (secondary N) is 1. The molecule has 2 N–H and O–H groups in total. The van der Waals surface area contributed by atoms with E-state index < -0.39 is 0 Å². The fourth-order valence-electron chi connectivity index (χ4n) is 2.75. The molecule has 0 amide bonds. The van der Waals surface area contributed by atoms with Crippen molar-refractivity contribution in [3.8, 4) is 0 Å². The van der Waals surface area contributed by atoms with Crippen molar-refractivity contribution in [2.75, 3.05) is 13.2 Å². The van der Waals surface area contributed by atoms with Gasteiger partial charge in [-0.15, -0.1) is 0 Å². The van der Waals surface area contributed by atoms with Gasteiger partial charge in [-0.3, -0.25) is 4.98 Å². The highest BCUT2D eigenvalue weighted by Crippen LogP contribution is 2.27. The Labute approximate surface area is 110 Å². The second-order valence-electron chi connectivity index (χ2n) is 5.19. The van der Waals surface area contributed by atoms with Crippen LogP contribution in [-0.4, -0.2) is 23.2 Å². The maximum Gasteiger partial charge on any atom is 0.0605 e. The van der Waals surface area contributed by atoms with Crippen molar-refractivity contribution in [2.45, 2.75) is 45.1 Å². The summed E-state index contributed by atoms with van der Waals surface area (Å²) >= 11 is 0. The Bertz CT molecular complexity index is 367. The van der Waals surface area contributed by atoms with Gasteiger partial charge in [0, 0.05) is 18.8 Å². The molecule has 18 heavy (non-hydrogen) atoms. The predicted octanol–water partition coefficient (Wildman–Crippen LogP) is 2.46. The van der Waals surface area contributed by atoms with Gasteiger partial charge in [-0.25, -0.2) is 0 Å². The van der Waals surface area contributed by atoms with Crippen LogP contribution in [0, 0.1) is 5.92 Å². The highest BCUT2D eigenvalue weighted by Gasteiger charge is 2.21. The van der Waals surface area contributed by atoms with Crippen LogP contribution < -0.4 is 5.32 Å².